The number of hydrogen-bond acceptors (Lipinski definition) is 4. The van der Waals surface area contributed by atoms with E-state index in [4.69, 9.17) is 9.47 Å². The monoisotopic (exact) mass is 264 g/mol. The lowest BCUT2D eigenvalue weighted by Crippen LogP contribution is -2.38. The Balaban J connectivity index is 2.07. The zero-order valence-electron chi connectivity index (χ0n) is 11.2. The van der Waals surface area contributed by atoms with Crippen LogP contribution in [-0.2, 0) is 0 Å². The molecule has 0 saturated heterocycles. The van der Waals surface area contributed by atoms with E-state index < -0.39 is 5.60 Å². The fourth-order valence-electron chi connectivity index (χ4n) is 2.43. The molecule has 1 saturated carbocycles. The van der Waals surface area contributed by atoms with Crippen molar-refractivity contribution in [2.45, 2.75) is 37.7 Å². The maximum atomic E-state index is 11.0. The molecule has 0 heterocycles. The zero-order valence-corrected chi connectivity index (χ0v) is 11.2. The molecule has 0 atom stereocenters. The van der Waals surface area contributed by atoms with Gasteiger partial charge in [0.05, 0.1) is 18.3 Å². The SMILES string of the molecule is COc1ccc(C=O)c(OCC2(O)CCCCC2)c1. The third kappa shape index (κ3) is 3.47. The number of carbonyl (C=O) groups is 1. The van der Waals surface area contributed by atoms with E-state index in [2.05, 4.69) is 0 Å². The van der Waals surface area contributed by atoms with Gasteiger partial charge in [-0.2, -0.15) is 0 Å². The molecule has 0 bridgehead atoms. The summed E-state index contributed by atoms with van der Waals surface area (Å²) in [6, 6.07) is 5.05. The van der Waals surface area contributed by atoms with Crippen LogP contribution >= 0.6 is 0 Å². The molecule has 104 valence electrons. The van der Waals surface area contributed by atoms with Crippen molar-refractivity contribution in [2.24, 2.45) is 0 Å². The lowest BCUT2D eigenvalue weighted by atomic mass is 9.85. The van der Waals surface area contributed by atoms with Crippen molar-refractivity contribution in [1.29, 1.82) is 0 Å². The van der Waals surface area contributed by atoms with E-state index in [1.54, 1.807) is 25.3 Å². The zero-order chi connectivity index (χ0) is 13.7. The number of carbonyl (C=O) groups excluding carboxylic acids is 1. The average Bonchev–Trinajstić information content (AvgIpc) is 2.45. The molecule has 0 unspecified atom stereocenters. The second-order valence-corrected chi connectivity index (χ2v) is 5.10. The predicted molar refractivity (Wildman–Crippen MR) is 71.9 cm³/mol. The summed E-state index contributed by atoms with van der Waals surface area (Å²) in [5, 5.41) is 10.4. The maximum absolute atomic E-state index is 11.0. The lowest BCUT2D eigenvalue weighted by molar-refractivity contribution is -0.0340. The van der Waals surface area contributed by atoms with Crippen LogP contribution in [0, 0.1) is 0 Å². The molecule has 1 aliphatic carbocycles. The number of benzene rings is 1. The van der Waals surface area contributed by atoms with E-state index in [1.165, 1.54) is 6.42 Å². The van der Waals surface area contributed by atoms with Gasteiger partial charge in [0, 0.05) is 6.07 Å². The Morgan fingerprint density at radius 3 is 2.68 bits per heavy atom. The summed E-state index contributed by atoms with van der Waals surface area (Å²) in [6.45, 7) is 0.223. The van der Waals surface area contributed by atoms with Crippen molar-refractivity contribution in [3.05, 3.63) is 23.8 Å². The Morgan fingerprint density at radius 1 is 1.32 bits per heavy atom. The van der Waals surface area contributed by atoms with E-state index in [-0.39, 0.29) is 6.61 Å². The Labute approximate surface area is 113 Å². The van der Waals surface area contributed by atoms with Gasteiger partial charge in [0.15, 0.2) is 6.29 Å². The fourth-order valence-corrected chi connectivity index (χ4v) is 2.43. The van der Waals surface area contributed by atoms with Crippen LogP contribution in [0.5, 0.6) is 11.5 Å². The van der Waals surface area contributed by atoms with Crippen molar-refractivity contribution in [3.8, 4) is 11.5 Å². The van der Waals surface area contributed by atoms with Gasteiger partial charge in [-0.1, -0.05) is 19.3 Å². The Hall–Kier alpha value is -1.55. The Bertz CT molecular complexity index is 436. The molecule has 2 rings (SSSR count). The first-order valence-corrected chi connectivity index (χ1v) is 6.65. The maximum Gasteiger partial charge on any atom is 0.153 e. The van der Waals surface area contributed by atoms with Gasteiger partial charge in [-0.15, -0.1) is 0 Å². The minimum absolute atomic E-state index is 0.223. The van der Waals surface area contributed by atoms with Crippen molar-refractivity contribution in [2.75, 3.05) is 13.7 Å². The summed E-state index contributed by atoms with van der Waals surface area (Å²) in [5.74, 6) is 1.10. The highest BCUT2D eigenvalue weighted by Crippen LogP contribution is 2.30. The van der Waals surface area contributed by atoms with Gasteiger partial charge in [-0.05, 0) is 25.0 Å². The van der Waals surface area contributed by atoms with Gasteiger partial charge < -0.3 is 14.6 Å². The van der Waals surface area contributed by atoms with Crippen LogP contribution in [0.25, 0.3) is 0 Å². The number of rotatable bonds is 5. The van der Waals surface area contributed by atoms with Crippen LogP contribution in [0.1, 0.15) is 42.5 Å². The van der Waals surface area contributed by atoms with Crippen LogP contribution in [0.4, 0.5) is 0 Å². The van der Waals surface area contributed by atoms with Crippen molar-refractivity contribution in [3.63, 3.8) is 0 Å². The molecule has 4 heteroatoms. The highest BCUT2D eigenvalue weighted by atomic mass is 16.5. The quantitative estimate of drug-likeness (QED) is 0.830. The number of hydrogen-bond donors (Lipinski definition) is 1. The average molecular weight is 264 g/mol. The van der Waals surface area contributed by atoms with Crippen LogP contribution < -0.4 is 9.47 Å². The molecule has 0 spiro atoms. The first-order chi connectivity index (χ1) is 9.17. The number of aliphatic hydroxyl groups is 1. The second kappa shape index (κ2) is 6.06. The van der Waals surface area contributed by atoms with E-state index in [0.29, 0.717) is 17.1 Å². The normalized spacial score (nSPS) is 17.8. The smallest absolute Gasteiger partial charge is 0.153 e. The van der Waals surface area contributed by atoms with Crippen molar-refractivity contribution >= 4 is 6.29 Å². The van der Waals surface area contributed by atoms with Gasteiger partial charge in [0.25, 0.3) is 0 Å². The molecule has 4 nitrogen and oxygen atoms in total. The molecule has 0 aliphatic heterocycles. The molecular weight excluding hydrogens is 244 g/mol. The highest BCUT2D eigenvalue weighted by molar-refractivity contribution is 5.79. The number of ether oxygens (including phenoxy) is 2. The predicted octanol–water partition coefficient (Wildman–Crippen LogP) is 2.58. The molecule has 1 aromatic carbocycles. The van der Waals surface area contributed by atoms with Gasteiger partial charge >= 0.3 is 0 Å². The first kappa shape index (κ1) is 13.9. The van der Waals surface area contributed by atoms with Crippen molar-refractivity contribution in [1.82, 2.24) is 0 Å². The summed E-state index contributed by atoms with van der Waals surface area (Å²) in [6.07, 6.45) is 5.48. The summed E-state index contributed by atoms with van der Waals surface area (Å²) in [5.41, 5.74) is -0.290. The molecule has 1 N–H and O–H groups in total. The van der Waals surface area contributed by atoms with Gasteiger partial charge in [0.2, 0.25) is 0 Å². The Kier molecular flexibility index (Phi) is 4.43. The highest BCUT2D eigenvalue weighted by Gasteiger charge is 2.30. The van der Waals surface area contributed by atoms with E-state index in [1.807, 2.05) is 0 Å². The molecule has 1 aliphatic rings. The number of aldehydes is 1. The third-order valence-electron chi connectivity index (χ3n) is 3.63. The minimum atomic E-state index is -0.762. The largest absolute Gasteiger partial charge is 0.497 e. The summed E-state index contributed by atoms with van der Waals surface area (Å²) in [7, 11) is 1.56. The van der Waals surface area contributed by atoms with Crippen LogP contribution in [0.2, 0.25) is 0 Å². The number of methoxy groups -OCH3 is 1. The topological polar surface area (TPSA) is 55.8 Å². The van der Waals surface area contributed by atoms with Crippen molar-refractivity contribution < 1.29 is 19.4 Å². The van der Waals surface area contributed by atoms with Crippen LogP contribution in [0.15, 0.2) is 18.2 Å². The minimum Gasteiger partial charge on any atom is -0.497 e. The van der Waals surface area contributed by atoms with Gasteiger partial charge in [-0.25, -0.2) is 0 Å². The van der Waals surface area contributed by atoms with Crippen LogP contribution in [0.3, 0.4) is 0 Å². The standard InChI is InChI=1S/C15H20O4/c1-18-13-6-5-12(10-16)14(9-13)19-11-15(17)7-3-2-4-8-15/h5-6,9-10,17H,2-4,7-8,11H2,1H3. The van der Waals surface area contributed by atoms with E-state index in [0.717, 1.165) is 32.0 Å². The Morgan fingerprint density at radius 2 is 2.05 bits per heavy atom. The second-order valence-electron chi connectivity index (χ2n) is 5.10. The van der Waals surface area contributed by atoms with E-state index >= 15 is 0 Å². The fraction of sp³-hybridized carbons (Fsp3) is 0.533. The molecule has 0 aromatic heterocycles. The van der Waals surface area contributed by atoms with Gasteiger partial charge in [-0.3, -0.25) is 4.79 Å². The first-order valence-electron chi connectivity index (χ1n) is 6.65. The summed E-state index contributed by atoms with van der Waals surface area (Å²) >= 11 is 0. The summed E-state index contributed by atoms with van der Waals surface area (Å²) in [4.78, 5) is 11.0. The molecule has 0 radical (unpaired) electrons. The van der Waals surface area contributed by atoms with E-state index in [9.17, 15) is 9.90 Å². The van der Waals surface area contributed by atoms with Crippen LogP contribution in [-0.4, -0.2) is 30.7 Å². The molecule has 1 aromatic rings. The molecule has 1 fully saturated rings. The van der Waals surface area contributed by atoms with Gasteiger partial charge in [0.1, 0.15) is 18.1 Å². The molecule has 19 heavy (non-hydrogen) atoms. The third-order valence-corrected chi connectivity index (χ3v) is 3.63. The lowest BCUT2D eigenvalue weighted by Gasteiger charge is -2.31. The molecular formula is C15H20O4. The molecule has 0 amide bonds. The summed E-state index contributed by atoms with van der Waals surface area (Å²) < 4.78 is 10.8.